The smallest absolute Gasteiger partial charge is 0.252 e. The zero-order valence-corrected chi connectivity index (χ0v) is 8.96. The van der Waals surface area contributed by atoms with Crippen LogP contribution in [-0.2, 0) is 9.53 Å². The van der Waals surface area contributed by atoms with Gasteiger partial charge in [-0.15, -0.1) is 0 Å². The van der Waals surface area contributed by atoms with Gasteiger partial charge in [-0.25, -0.2) is 0 Å². The van der Waals surface area contributed by atoms with Crippen LogP contribution in [-0.4, -0.2) is 13.0 Å². The molecule has 0 aromatic carbocycles. The molecule has 1 rings (SSSR count). The van der Waals surface area contributed by atoms with Gasteiger partial charge in [0.2, 0.25) is 0 Å². The number of nitrogens with one attached hydrogen (secondary N) is 1. The van der Waals surface area contributed by atoms with E-state index in [-0.39, 0.29) is 5.91 Å². The van der Waals surface area contributed by atoms with Crippen LogP contribution in [0.2, 0.25) is 0 Å². The van der Waals surface area contributed by atoms with Crippen molar-refractivity contribution in [2.24, 2.45) is 5.92 Å². The highest BCUT2D eigenvalue weighted by atomic mass is 16.5. The normalized spacial score (nSPS) is 18.7. The summed E-state index contributed by atoms with van der Waals surface area (Å²) in [7, 11) is 1.58. The van der Waals surface area contributed by atoms with Crippen molar-refractivity contribution in [1.82, 2.24) is 5.32 Å². The molecule has 1 N–H and O–H groups in total. The molecule has 0 aromatic heterocycles. The van der Waals surface area contributed by atoms with Crippen molar-refractivity contribution in [1.29, 1.82) is 0 Å². The molecule has 3 heteroatoms. The quantitative estimate of drug-likeness (QED) is 0.744. The van der Waals surface area contributed by atoms with Gasteiger partial charge in [0.25, 0.3) is 5.91 Å². The fraction of sp³-hybridized carbons (Fsp3) is 0.545. The van der Waals surface area contributed by atoms with E-state index in [0.717, 1.165) is 18.5 Å². The molecule has 1 amide bonds. The van der Waals surface area contributed by atoms with Crippen LogP contribution in [0.15, 0.2) is 23.6 Å². The van der Waals surface area contributed by atoms with Crippen molar-refractivity contribution in [2.45, 2.75) is 26.7 Å². The summed E-state index contributed by atoms with van der Waals surface area (Å²) in [6, 6.07) is 0. The number of carbonyl (C=O) groups is 1. The molecule has 0 saturated carbocycles. The number of methoxy groups -OCH3 is 1. The Hall–Kier alpha value is -1.25. The van der Waals surface area contributed by atoms with Gasteiger partial charge in [-0.05, 0) is 18.8 Å². The van der Waals surface area contributed by atoms with Crippen molar-refractivity contribution in [3.05, 3.63) is 23.6 Å². The van der Waals surface area contributed by atoms with Gasteiger partial charge >= 0.3 is 0 Å². The number of carbonyl (C=O) groups excluding carboxylic acids is 1. The molecule has 0 aromatic rings. The molecule has 0 atom stereocenters. The lowest BCUT2D eigenvalue weighted by molar-refractivity contribution is -0.115. The second kappa shape index (κ2) is 4.84. The minimum absolute atomic E-state index is 0.0981. The molecular formula is C11H17NO2. The van der Waals surface area contributed by atoms with Crippen LogP contribution in [0.1, 0.15) is 26.7 Å². The molecule has 3 nitrogen and oxygen atoms in total. The molecule has 78 valence electrons. The lowest BCUT2D eigenvalue weighted by Gasteiger charge is -2.09. The lowest BCUT2D eigenvalue weighted by Crippen LogP contribution is -2.15. The summed E-state index contributed by atoms with van der Waals surface area (Å²) in [6.45, 7) is 4.27. The van der Waals surface area contributed by atoms with Crippen LogP contribution < -0.4 is 5.32 Å². The van der Waals surface area contributed by atoms with Crippen LogP contribution >= 0.6 is 0 Å². The number of allylic oxidation sites excluding steroid dienone is 1. The van der Waals surface area contributed by atoms with Gasteiger partial charge in [0.05, 0.1) is 12.8 Å². The predicted octanol–water partition coefficient (Wildman–Crippen LogP) is 1.97. The molecule has 0 spiro atoms. The Morgan fingerprint density at radius 2 is 2.14 bits per heavy atom. The minimum Gasteiger partial charge on any atom is -0.494 e. The molecule has 0 fully saturated rings. The lowest BCUT2D eigenvalue weighted by atomic mass is 10.0. The zero-order valence-electron chi connectivity index (χ0n) is 8.96. The third-order valence-electron chi connectivity index (χ3n) is 2.46. The Morgan fingerprint density at radius 1 is 1.50 bits per heavy atom. The first-order valence-corrected chi connectivity index (χ1v) is 5.00. The number of hydrogen-bond acceptors (Lipinski definition) is 2. The summed E-state index contributed by atoms with van der Waals surface area (Å²) < 4.78 is 5.09. The monoisotopic (exact) mass is 195 g/mol. The Bertz CT molecular complexity index is 275. The number of amides is 1. The molecule has 0 bridgehead atoms. The van der Waals surface area contributed by atoms with Crippen LogP contribution in [0.4, 0.5) is 0 Å². The van der Waals surface area contributed by atoms with E-state index in [4.69, 9.17) is 4.74 Å². The molecule has 0 aliphatic carbocycles. The third-order valence-corrected chi connectivity index (χ3v) is 2.46. The molecule has 1 aliphatic heterocycles. The Kier molecular flexibility index (Phi) is 3.74. The van der Waals surface area contributed by atoms with E-state index in [1.807, 2.05) is 0 Å². The van der Waals surface area contributed by atoms with Gasteiger partial charge < -0.3 is 10.1 Å². The fourth-order valence-corrected chi connectivity index (χ4v) is 1.48. The average Bonchev–Trinajstić information content (AvgIpc) is 2.55. The standard InChI is InChI=1S/C11H17NO2/c1-4-8(5-2)6-9-10(14-3)7-11(13)12-9/h6-8H,4-5H2,1-3H3,(H,12,13)/b9-6-. The second-order valence-corrected chi connectivity index (χ2v) is 3.36. The van der Waals surface area contributed by atoms with Gasteiger partial charge in [0, 0.05) is 6.08 Å². The summed E-state index contributed by atoms with van der Waals surface area (Å²) in [4.78, 5) is 11.1. The number of ether oxygens (including phenoxy) is 1. The average molecular weight is 195 g/mol. The molecule has 0 radical (unpaired) electrons. The van der Waals surface area contributed by atoms with E-state index >= 15 is 0 Å². The molecule has 0 saturated heterocycles. The third kappa shape index (κ3) is 2.37. The largest absolute Gasteiger partial charge is 0.494 e. The summed E-state index contributed by atoms with van der Waals surface area (Å²) in [5.41, 5.74) is 0.811. The van der Waals surface area contributed by atoms with Gasteiger partial charge in [-0.2, -0.15) is 0 Å². The van der Waals surface area contributed by atoms with E-state index < -0.39 is 0 Å². The fourth-order valence-electron chi connectivity index (χ4n) is 1.48. The van der Waals surface area contributed by atoms with E-state index in [9.17, 15) is 4.79 Å². The van der Waals surface area contributed by atoms with E-state index in [1.165, 1.54) is 6.08 Å². The highest BCUT2D eigenvalue weighted by Gasteiger charge is 2.18. The summed E-state index contributed by atoms with van der Waals surface area (Å²) in [5, 5.41) is 2.76. The Morgan fingerprint density at radius 3 is 2.64 bits per heavy atom. The van der Waals surface area contributed by atoms with Crippen LogP contribution in [0.3, 0.4) is 0 Å². The van der Waals surface area contributed by atoms with Gasteiger partial charge in [-0.1, -0.05) is 19.9 Å². The maximum Gasteiger partial charge on any atom is 0.252 e. The predicted molar refractivity (Wildman–Crippen MR) is 55.4 cm³/mol. The summed E-state index contributed by atoms with van der Waals surface area (Å²) >= 11 is 0. The van der Waals surface area contributed by atoms with Crippen LogP contribution in [0.25, 0.3) is 0 Å². The maximum absolute atomic E-state index is 11.1. The highest BCUT2D eigenvalue weighted by Crippen LogP contribution is 2.19. The maximum atomic E-state index is 11.1. The van der Waals surface area contributed by atoms with Gasteiger partial charge in [0.1, 0.15) is 5.76 Å². The van der Waals surface area contributed by atoms with Crippen molar-refractivity contribution in [2.75, 3.05) is 7.11 Å². The van der Waals surface area contributed by atoms with Crippen molar-refractivity contribution in [3.8, 4) is 0 Å². The number of rotatable bonds is 4. The first-order valence-electron chi connectivity index (χ1n) is 5.00. The summed E-state index contributed by atoms with van der Waals surface area (Å²) in [6.07, 6.45) is 5.70. The first kappa shape index (κ1) is 10.8. The van der Waals surface area contributed by atoms with Crippen LogP contribution in [0.5, 0.6) is 0 Å². The molecule has 0 unspecified atom stereocenters. The topological polar surface area (TPSA) is 38.3 Å². The van der Waals surface area contributed by atoms with Crippen molar-refractivity contribution in [3.63, 3.8) is 0 Å². The molecule has 14 heavy (non-hydrogen) atoms. The van der Waals surface area contributed by atoms with Gasteiger partial charge in [-0.3, -0.25) is 4.79 Å². The van der Waals surface area contributed by atoms with Crippen LogP contribution in [0, 0.1) is 5.92 Å². The van der Waals surface area contributed by atoms with Crippen molar-refractivity contribution < 1.29 is 9.53 Å². The second-order valence-electron chi connectivity index (χ2n) is 3.36. The van der Waals surface area contributed by atoms with Gasteiger partial charge in [0.15, 0.2) is 0 Å². The minimum atomic E-state index is -0.0981. The molecule has 1 heterocycles. The van der Waals surface area contributed by atoms with E-state index in [2.05, 4.69) is 25.2 Å². The summed E-state index contributed by atoms with van der Waals surface area (Å²) in [5.74, 6) is 1.04. The highest BCUT2D eigenvalue weighted by molar-refractivity contribution is 5.94. The zero-order chi connectivity index (χ0) is 10.6. The SMILES string of the molecule is CCC(/C=C1\NC(=O)C=C1OC)CC. The van der Waals surface area contributed by atoms with Crippen molar-refractivity contribution >= 4 is 5.91 Å². The Labute approximate surface area is 84.8 Å². The van der Waals surface area contributed by atoms with E-state index in [0.29, 0.717) is 11.7 Å². The Balaban J connectivity index is 2.78. The first-order chi connectivity index (χ1) is 6.71. The molecular weight excluding hydrogens is 178 g/mol. The molecule has 1 aliphatic rings. The number of hydrogen-bond donors (Lipinski definition) is 1. The van der Waals surface area contributed by atoms with E-state index in [1.54, 1.807) is 7.11 Å².